The second kappa shape index (κ2) is 10.4. The molecule has 0 rings (SSSR count). The molecule has 0 heterocycles. The summed E-state index contributed by atoms with van der Waals surface area (Å²) in [6, 6.07) is 1.90. The van der Waals surface area contributed by atoms with Gasteiger partial charge in [-0.2, -0.15) is 5.26 Å². The summed E-state index contributed by atoms with van der Waals surface area (Å²) in [5.41, 5.74) is 0. The fraction of sp³-hybridized carbons (Fsp3) is 0.875. The van der Waals surface area contributed by atoms with E-state index in [1.165, 1.54) is 0 Å². The second-order valence-corrected chi connectivity index (χ2v) is 2.17. The van der Waals surface area contributed by atoms with Crippen LogP contribution in [0, 0.1) is 11.3 Å². The Hall–Kier alpha value is -0.630. The van der Waals surface area contributed by atoms with Gasteiger partial charge in [-0.15, -0.1) is 0 Å². The quantitative estimate of drug-likeness (QED) is 0.504. The van der Waals surface area contributed by atoms with Gasteiger partial charge in [0.25, 0.3) is 0 Å². The lowest BCUT2D eigenvalue weighted by molar-refractivity contribution is 0.0556. The fourth-order valence-electron chi connectivity index (χ4n) is 0.625. The van der Waals surface area contributed by atoms with Gasteiger partial charge < -0.3 is 14.2 Å². The van der Waals surface area contributed by atoms with Gasteiger partial charge in [-0.3, -0.25) is 0 Å². The van der Waals surface area contributed by atoms with Crippen LogP contribution in [0.5, 0.6) is 0 Å². The molecule has 0 fully saturated rings. The van der Waals surface area contributed by atoms with Gasteiger partial charge in [0.15, 0.2) is 0 Å². The van der Waals surface area contributed by atoms with Gasteiger partial charge in [0.05, 0.1) is 25.9 Å². The molecule has 4 heteroatoms. The first kappa shape index (κ1) is 11.4. The minimum atomic E-state index is 0.165. The number of hydrogen-bond acceptors (Lipinski definition) is 4. The van der Waals surface area contributed by atoms with Gasteiger partial charge in [0, 0.05) is 13.7 Å². The Bertz CT molecular complexity index is 122. The first-order chi connectivity index (χ1) is 5.91. The molecule has 0 aromatic heterocycles. The van der Waals surface area contributed by atoms with Crippen LogP contribution in [-0.2, 0) is 14.2 Å². The lowest BCUT2D eigenvalue weighted by Crippen LogP contribution is -2.05. The van der Waals surface area contributed by atoms with Crippen molar-refractivity contribution in [1.82, 2.24) is 0 Å². The molecular formula is C8H15NO3. The lowest BCUT2D eigenvalue weighted by atomic mass is 10.5. The Labute approximate surface area is 73.0 Å². The molecule has 0 saturated heterocycles. The number of hydrogen-bond donors (Lipinski definition) is 0. The van der Waals surface area contributed by atoms with E-state index in [1.54, 1.807) is 7.11 Å². The van der Waals surface area contributed by atoms with Gasteiger partial charge in [-0.25, -0.2) is 0 Å². The fourth-order valence-corrected chi connectivity index (χ4v) is 0.625. The molecule has 0 aliphatic rings. The average Bonchev–Trinajstić information content (AvgIpc) is 2.10. The van der Waals surface area contributed by atoms with E-state index < -0.39 is 0 Å². The molecule has 0 aliphatic carbocycles. The third-order valence-corrected chi connectivity index (χ3v) is 1.18. The Kier molecular flexibility index (Phi) is 9.83. The van der Waals surface area contributed by atoms with Crippen LogP contribution in [0.1, 0.15) is 6.42 Å². The smallest absolute Gasteiger partial charge is 0.133 e. The van der Waals surface area contributed by atoms with E-state index in [9.17, 15) is 0 Å². The van der Waals surface area contributed by atoms with E-state index in [2.05, 4.69) is 0 Å². The summed E-state index contributed by atoms with van der Waals surface area (Å²) in [4.78, 5) is 0. The second-order valence-electron chi connectivity index (χ2n) is 2.17. The largest absolute Gasteiger partial charge is 0.382 e. The van der Waals surface area contributed by atoms with Crippen molar-refractivity contribution >= 4 is 0 Å². The molecular weight excluding hydrogens is 158 g/mol. The Morgan fingerprint density at radius 3 is 2.50 bits per heavy atom. The maximum atomic E-state index is 8.12. The van der Waals surface area contributed by atoms with Gasteiger partial charge in [0.1, 0.15) is 6.61 Å². The van der Waals surface area contributed by atoms with Gasteiger partial charge in [0.2, 0.25) is 0 Å². The van der Waals surface area contributed by atoms with Crippen molar-refractivity contribution in [3.8, 4) is 6.07 Å². The maximum Gasteiger partial charge on any atom is 0.133 e. The third kappa shape index (κ3) is 9.37. The molecule has 0 N–H and O–H groups in total. The lowest BCUT2D eigenvalue weighted by Gasteiger charge is -2.02. The highest BCUT2D eigenvalue weighted by molar-refractivity contribution is 4.65. The number of rotatable bonds is 8. The van der Waals surface area contributed by atoms with Gasteiger partial charge >= 0.3 is 0 Å². The van der Waals surface area contributed by atoms with Crippen LogP contribution in [0.15, 0.2) is 0 Å². The standard InChI is InChI=1S/C8H15NO3/c1-10-7-8-12-5-2-4-11-6-3-9/h2,4-8H2,1H3. The molecule has 0 saturated carbocycles. The van der Waals surface area contributed by atoms with E-state index in [0.29, 0.717) is 26.4 Å². The molecule has 70 valence electrons. The van der Waals surface area contributed by atoms with Crippen molar-refractivity contribution in [1.29, 1.82) is 5.26 Å². The summed E-state index contributed by atoms with van der Waals surface area (Å²) in [7, 11) is 1.64. The average molecular weight is 173 g/mol. The van der Waals surface area contributed by atoms with Crippen LogP contribution in [0.3, 0.4) is 0 Å². The predicted molar refractivity (Wildman–Crippen MR) is 43.7 cm³/mol. The Morgan fingerprint density at radius 2 is 1.83 bits per heavy atom. The molecule has 0 radical (unpaired) electrons. The molecule has 0 spiro atoms. The molecule has 0 unspecified atom stereocenters. The number of nitriles is 1. The zero-order valence-corrected chi connectivity index (χ0v) is 7.41. The maximum absolute atomic E-state index is 8.12. The molecule has 0 atom stereocenters. The van der Waals surface area contributed by atoms with Crippen molar-refractivity contribution < 1.29 is 14.2 Å². The molecule has 0 bridgehead atoms. The van der Waals surface area contributed by atoms with Crippen LogP contribution < -0.4 is 0 Å². The van der Waals surface area contributed by atoms with Gasteiger partial charge in [-0.1, -0.05) is 0 Å². The molecule has 0 amide bonds. The van der Waals surface area contributed by atoms with Crippen LogP contribution in [0.25, 0.3) is 0 Å². The minimum absolute atomic E-state index is 0.165. The predicted octanol–water partition coefficient (Wildman–Crippen LogP) is 0.580. The summed E-state index contributed by atoms with van der Waals surface area (Å²) in [6.07, 6.45) is 0.825. The zero-order chi connectivity index (χ0) is 9.07. The number of nitrogens with zero attached hydrogens (tertiary/aromatic N) is 1. The monoisotopic (exact) mass is 173 g/mol. The summed E-state index contributed by atoms with van der Waals surface area (Å²) in [5, 5.41) is 8.12. The summed E-state index contributed by atoms with van der Waals surface area (Å²) in [5.74, 6) is 0. The van der Waals surface area contributed by atoms with Crippen LogP contribution in [0.4, 0.5) is 0 Å². The van der Waals surface area contributed by atoms with Crippen LogP contribution in [-0.4, -0.2) is 40.1 Å². The van der Waals surface area contributed by atoms with E-state index in [0.717, 1.165) is 6.42 Å². The first-order valence-corrected chi connectivity index (χ1v) is 3.93. The zero-order valence-electron chi connectivity index (χ0n) is 7.41. The van der Waals surface area contributed by atoms with E-state index >= 15 is 0 Å². The highest BCUT2D eigenvalue weighted by Crippen LogP contribution is 1.84. The molecule has 4 nitrogen and oxygen atoms in total. The normalized spacial score (nSPS) is 9.67. The van der Waals surface area contributed by atoms with Crippen molar-refractivity contribution in [2.45, 2.75) is 6.42 Å². The molecule has 0 aliphatic heterocycles. The highest BCUT2D eigenvalue weighted by Gasteiger charge is 1.89. The minimum Gasteiger partial charge on any atom is -0.382 e. The van der Waals surface area contributed by atoms with Gasteiger partial charge in [-0.05, 0) is 6.42 Å². The van der Waals surface area contributed by atoms with Crippen molar-refractivity contribution in [3.05, 3.63) is 0 Å². The molecule has 0 aromatic rings. The van der Waals surface area contributed by atoms with Crippen LogP contribution in [0.2, 0.25) is 0 Å². The summed E-state index contributed by atoms with van der Waals surface area (Å²) < 4.78 is 14.9. The first-order valence-electron chi connectivity index (χ1n) is 3.93. The number of methoxy groups -OCH3 is 1. The molecule has 0 aromatic carbocycles. The third-order valence-electron chi connectivity index (χ3n) is 1.18. The van der Waals surface area contributed by atoms with E-state index in [1.807, 2.05) is 6.07 Å². The van der Waals surface area contributed by atoms with E-state index in [4.69, 9.17) is 19.5 Å². The number of ether oxygens (including phenoxy) is 3. The van der Waals surface area contributed by atoms with Crippen molar-refractivity contribution in [3.63, 3.8) is 0 Å². The summed E-state index contributed by atoms with van der Waals surface area (Å²) in [6.45, 7) is 2.65. The highest BCUT2D eigenvalue weighted by atomic mass is 16.5. The molecule has 12 heavy (non-hydrogen) atoms. The Morgan fingerprint density at radius 1 is 1.08 bits per heavy atom. The SMILES string of the molecule is COCCOCCCOCC#N. The summed E-state index contributed by atoms with van der Waals surface area (Å²) >= 11 is 0. The van der Waals surface area contributed by atoms with E-state index in [-0.39, 0.29) is 6.61 Å². The van der Waals surface area contributed by atoms with Crippen LogP contribution >= 0.6 is 0 Å². The van der Waals surface area contributed by atoms with Crippen molar-refractivity contribution in [2.24, 2.45) is 0 Å². The topological polar surface area (TPSA) is 51.5 Å². The Balaban J connectivity index is 2.78. The van der Waals surface area contributed by atoms with Crippen molar-refractivity contribution in [2.75, 3.05) is 40.1 Å².